The van der Waals surface area contributed by atoms with Crippen LogP contribution in [0, 0.1) is 5.92 Å². The summed E-state index contributed by atoms with van der Waals surface area (Å²) in [6.45, 7) is 0.751. The molecule has 0 aromatic heterocycles. The van der Waals surface area contributed by atoms with E-state index in [0.29, 0.717) is 11.6 Å². The molecule has 2 rings (SSSR count). The van der Waals surface area contributed by atoms with Crippen molar-refractivity contribution < 1.29 is 13.2 Å². The number of nitrogens with two attached hydrogens (primary N) is 1. The van der Waals surface area contributed by atoms with Crippen LogP contribution in [0.3, 0.4) is 0 Å². The molecule has 1 aromatic rings. The van der Waals surface area contributed by atoms with E-state index in [9.17, 15) is 13.2 Å². The van der Waals surface area contributed by atoms with E-state index in [4.69, 9.17) is 18.0 Å². The molecule has 19 heavy (non-hydrogen) atoms. The lowest BCUT2D eigenvalue weighted by molar-refractivity contribution is -0.137. The van der Waals surface area contributed by atoms with Gasteiger partial charge in [0.15, 0.2) is 0 Å². The maximum absolute atomic E-state index is 12.6. The Labute approximate surface area is 115 Å². The summed E-state index contributed by atoms with van der Waals surface area (Å²) in [5.74, 6) is 0.599. The zero-order valence-corrected chi connectivity index (χ0v) is 11.1. The number of anilines is 1. The molecule has 6 heteroatoms. The number of alkyl halides is 3. The molecule has 1 aliphatic carbocycles. The standard InChI is InChI=1S/C13H15F3N2S/c14-13(15,16)9-4-5-11(10(6-9)12(17)19)18-7-8-2-1-3-8/h4-6,8,18H,1-3,7H2,(H2,17,19). The van der Waals surface area contributed by atoms with Crippen LogP contribution in [0.25, 0.3) is 0 Å². The van der Waals surface area contributed by atoms with Crippen molar-refractivity contribution in [1.82, 2.24) is 0 Å². The lowest BCUT2D eigenvalue weighted by Crippen LogP contribution is -2.23. The normalized spacial score (nSPS) is 15.9. The van der Waals surface area contributed by atoms with Gasteiger partial charge in [0.05, 0.1) is 5.56 Å². The molecule has 0 atom stereocenters. The largest absolute Gasteiger partial charge is 0.416 e. The smallest absolute Gasteiger partial charge is 0.389 e. The second kappa shape index (κ2) is 5.36. The van der Waals surface area contributed by atoms with Gasteiger partial charge in [-0.15, -0.1) is 0 Å². The zero-order chi connectivity index (χ0) is 14.0. The Kier molecular flexibility index (Phi) is 3.99. The van der Waals surface area contributed by atoms with E-state index >= 15 is 0 Å². The highest BCUT2D eigenvalue weighted by atomic mass is 32.1. The van der Waals surface area contributed by atoms with Crippen molar-refractivity contribution in [2.24, 2.45) is 11.7 Å². The number of benzene rings is 1. The molecule has 0 bridgehead atoms. The van der Waals surface area contributed by atoms with Gasteiger partial charge in [0, 0.05) is 17.8 Å². The summed E-state index contributed by atoms with van der Waals surface area (Å²) in [6.07, 6.45) is -0.834. The average molecular weight is 288 g/mol. The van der Waals surface area contributed by atoms with E-state index < -0.39 is 11.7 Å². The molecule has 0 aliphatic heterocycles. The Morgan fingerprint density at radius 1 is 1.37 bits per heavy atom. The van der Waals surface area contributed by atoms with Gasteiger partial charge in [-0.05, 0) is 37.0 Å². The summed E-state index contributed by atoms with van der Waals surface area (Å²) >= 11 is 4.82. The van der Waals surface area contributed by atoms with E-state index in [1.54, 1.807) is 0 Å². The topological polar surface area (TPSA) is 38.0 Å². The molecule has 104 valence electrons. The van der Waals surface area contributed by atoms with Crippen LogP contribution in [-0.2, 0) is 6.18 Å². The highest BCUT2D eigenvalue weighted by Gasteiger charge is 2.31. The molecule has 0 spiro atoms. The van der Waals surface area contributed by atoms with Crippen LogP contribution < -0.4 is 11.1 Å². The molecule has 1 saturated carbocycles. The van der Waals surface area contributed by atoms with Crippen LogP contribution in [0.4, 0.5) is 18.9 Å². The van der Waals surface area contributed by atoms with E-state index in [2.05, 4.69) is 5.32 Å². The van der Waals surface area contributed by atoms with E-state index in [1.807, 2.05) is 0 Å². The summed E-state index contributed by atoms with van der Waals surface area (Å²) in [5.41, 5.74) is 5.60. The fraction of sp³-hybridized carbons (Fsp3) is 0.462. The first-order valence-corrected chi connectivity index (χ1v) is 6.53. The summed E-state index contributed by atoms with van der Waals surface area (Å²) < 4.78 is 37.9. The van der Waals surface area contributed by atoms with Gasteiger partial charge in [0.2, 0.25) is 0 Å². The zero-order valence-electron chi connectivity index (χ0n) is 10.3. The van der Waals surface area contributed by atoms with Gasteiger partial charge < -0.3 is 11.1 Å². The van der Waals surface area contributed by atoms with Crippen LogP contribution in [0.5, 0.6) is 0 Å². The van der Waals surface area contributed by atoms with Crippen LogP contribution in [0.1, 0.15) is 30.4 Å². The SMILES string of the molecule is NC(=S)c1cc(C(F)(F)F)ccc1NCC1CCC1. The maximum atomic E-state index is 12.6. The highest BCUT2D eigenvalue weighted by Crippen LogP contribution is 2.32. The van der Waals surface area contributed by atoms with Gasteiger partial charge in [-0.2, -0.15) is 13.2 Å². The van der Waals surface area contributed by atoms with Crippen LogP contribution in [0.15, 0.2) is 18.2 Å². The first-order valence-electron chi connectivity index (χ1n) is 6.13. The number of hydrogen-bond acceptors (Lipinski definition) is 2. The van der Waals surface area contributed by atoms with Crippen molar-refractivity contribution >= 4 is 22.9 Å². The van der Waals surface area contributed by atoms with Gasteiger partial charge in [-0.25, -0.2) is 0 Å². The fourth-order valence-electron chi connectivity index (χ4n) is 2.03. The minimum Gasteiger partial charge on any atom is -0.389 e. The minimum absolute atomic E-state index is 0.0257. The Bertz CT molecular complexity index is 481. The molecule has 1 fully saturated rings. The molecule has 0 saturated heterocycles. The van der Waals surface area contributed by atoms with E-state index in [1.165, 1.54) is 12.5 Å². The Morgan fingerprint density at radius 3 is 2.53 bits per heavy atom. The molecule has 0 amide bonds. The first kappa shape index (κ1) is 14.1. The molecular weight excluding hydrogens is 273 g/mol. The lowest BCUT2D eigenvalue weighted by Gasteiger charge is -2.26. The average Bonchev–Trinajstić information content (AvgIpc) is 2.25. The maximum Gasteiger partial charge on any atom is 0.416 e. The van der Waals surface area contributed by atoms with Crippen LogP contribution in [-0.4, -0.2) is 11.5 Å². The lowest BCUT2D eigenvalue weighted by atomic mass is 9.85. The highest BCUT2D eigenvalue weighted by molar-refractivity contribution is 7.80. The van der Waals surface area contributed by atoms with Crippen molar-refractivity contribution in [2.75, 3.05) is 11.9 Å². The van der Waals surface area contributed by atoms with E-state index in [-0.39, 0.29) is 10.6 Å². The van der Waals surface area contributed by atoms with Crippen molar-refractivity contribution in [1.29, 1.82) is 0 Å². The first-order chi connectivity index (χ1) is 8.88. The van der Waals surface area contributed by atoms with Gasteiger partial charge in [-0.3, -0.25) is 0 Å². The van der Waals surface area contributed by atoms with Crippen LogP contribution >= 0.6 is 12.2 Å². The number of thiocarbonyl (C=S) groups is 1. The number of halogens is 3. The molecule has 0 radical (unpaired) electrons. The molecular formula is C13H15F3N2S. The monoisotopic (exact) mass is 288 g/mol. The predicted octanol–water partition coefficient (Wildman–Crippen LogP) is 3.55. The Balaban J connectivity index is 2.19. The van der Waals surface area contributed by atoms with Crippen molar-refractivity contribution in [3.8, 4) is 0 Å². The predicted molar refractivity (Wildman–Crippen MR) is 73.2 cm³/mol. The van der Waals surface area contributed by atoms with Crippen molar-refractivity contribution in [3.05, 3.63) is 29.3 Å². The number of hydrogen-bond donors (Lipinski definition) is 2. The van der Waals surface area contributed by atoms with Gasteiger partial charge in [0.25, 0.3) is 0 Å². The second-order valence-electron chi connectivity index (χ2n) is 4.80. The number of rotatable bonds is 4. The van der Waals surface area contributed by atoms with Crippen molar-refractivity contribution in [3.63, 3.8) is 0 Å². The van der Waals surface area contributed by atoms with Crippen molar-refractivity contribution in [2.45, 2.75) is 25.4 Å². The quantitative estimate of drug-likeness (QED) is 0.832. The summed E-state index contributed by atoms with van der Waals surface area (Å²) in [5, 5.41) is 3.14. The third-order valence-corrected chi connectivity index (χ3v) is 3.64. The summed E-state index contributed by atoms with van der Waals surface area (Å²) in [6, 6.07) is 3.45. The van der Waals surface area contributed by atoms with Gasteiger partial charge in [-0.1, -0.05) is 18.6 Å². The van der Waals surface area contributed by atoms with Crippen LogP contribution in [0.2, 0.25) is 0 Å². The van der Waals surface area contributed by atoms with Gasteiger partial charge in [0.1, 0.15) is 4.99 Å². The Morgan fingerprint density at radius 2 is 2.05 bits per heavy atom. The molecule has 2 nitrogen and oxygen atoms in total. The molecule has 3 N–H and O–H groups in total. The number of nitrogens with one attached hydrogen (secondary N) is 1. The molecule has 1 aromatic carbocycles. The minimum atomic E-state index is -4.38. The third kappa shape index (κ3) is 3.37. The molecule has 0 unspecified atom stereocenters. The second-order valence-corrected chi connectivity index (χ2v) is 5.24. The molecule has 0 heterocycles. The molecule has 1 aliphatic rings. The third-order valence-electron chi connectivity index (χ3n) is 3.42. The Hall–Kier alpha value is -1.30. The van der Waals surface area contributed by atoms with Gasteiger partial charge >= 0.3 is 6.18 Å². The van der Waals surface area contributed by atoms with E-state index in [0.717, 1.165) is 31.5 Å². The summed E-state index contributed by atoms with van der Waals surface area (Å²) in [4.78, 5) is -0.0257. The summed E-state index contributed by atoms with van der Waals surface area (Å²) in [7, 11) is 0. The fourth-order valence-corrected chi connectivity index (χ4v) is 2.20.